The lowest BCUT2D eigenvalue weighted by molar-refractivity contribution is 0.319. The molecule has 0 aliphatic carbocycles. The summed E-state index contributed by atoms with van der Waals surface area (Å²) in [7, 11) is 0. The van der Waals surface area contributed by atoms with Gasteiger partial charge in [0.1, 0.15) is 0 Å². The van der Waals surface area contributed by atoms with Gasteiger partial charge in [-0.05, 0) is 29.7 Å². The molecule has 0 saturated heterocycles. The van der Waals surface area contributed by atoms with Gasteiger partial charge >= 0.3 is 0 Å². The predicted molar refractivity (Wildman–Crippen MR) is 65.9 cm³/mol. The highest BCUT2D eigenvalue weighted by molar-refractivity contribution is 5.99. The van der Waals surface area contributed by atoms with Crippen LogP contribution in [0.4, 0.5) is 0 Å². The first-order valence-corrected chi connectivity index (χ1v) is 5.16. The molecule has 0 amide bonds. The molecule has 0 radical (unpaired) electrons. The van der Waals surface area contributed by atoms with Crippen molar-refractivity contribution < 1.29 is 5.21 Å². The lowest BCUT2D eigenvalue weighted by Gasteiger charge is -2.04. The molecular formula is C14H13NO. The monoisotopic (exact) mass is 211 g/mol. The molecule has 16 heavy (non-hydrogen) atoms. The van der Waals surface area contributed by atoms with Crippen molar-refractivity contribution >= 4 is 5.71 Å². The molecule has 0 aromatic heterocycles. The molecule has 0 atom stereocenters. The topological polar surface area (TPSA) is 32.6 Å². The third-order valence-electron chi connectivity index (χ3n) is 2.54. The second-order valence-corrected chi connectivity index (χ2v) is 3.63. The summed E-state index contributed by atoms with van der Waals surface area (Å²) in [6, 6.07) is 18.1. The zero-order chi connectivity index (χ0) is 11.4. The average Bonchev–Trinajstić information content (AvgIpc) is 2.39. The summed E-state index contributed by atoms with van der Waals surface area (Å²) in [5, 5.41) is 11.9. The smallest absolute Gasteiger partial charge is 0.0837 e. The number of oxime groups is 1. The maximum absolute atomic E-state index is 8.74. The minimum absolute atomic E-state index is 0.623. The van der Waals surface area contributed by atoms with Gasteiger partial charge in [0.25, 0.3) is 0 Å². The molecule has 2 nitrogen and oxygen atoms in total. The van der Waals surface area contributed by atoms with Crippen LogP contribution in [0.3, 0.4) is 0 Å². The number of hydrogen-bond acceptors (Lipinski definition) is 2. The summed E-state index contributed by atoms with van der Waals surface area (Å²) in [4.78, 5) is 0. The van der Waals surface area contributed by atoms with E-state index in [1.54, 1.807) is 6.92 Å². The lowest BCUT2D eigenvalue weighted by atomic mass is 10.0. The first kappa shape index (κ1) is 10.4. The quantitative estimate of drug-likeness (QED) is 0.460. The van der Waals surface area contributed by atoms with E-state index in [9.17, 15) is 0 Å². The molecule has 2 rings (SSSR count). The van der Waals surface area contributed by atoms with E-state index in [0.717, 1.165) is 16.7 Å². The van der Waals surface area contributed by atoms with Crippen LogP contribution in [-0.2, 0) is 0 Å². The molecule has 80 valence electrons. The van der Waals surface area contributed by atoms with Crippen molar-refractivity contribution in [2.24, 2.45) is 5.16 Å². The Morgan fingerprint density at radius 1 is 0.938 bits per heavy atom. The van der Waals surface area contributed by atoms with Gasteiger partial charge in [-0.3, -0.25) is 0 Å². The first-order valence-electron chi connectivity index (χ1n) is 5.16. The molecule has 0 saturated carbocycles. The maximum atomic E-state index is 8.74. The van der Waals surface area contributed by atoms with Gasteiger partial charge in [-0.2, -0.15) is 0 Å². The Hall–Kier alpha value is -2.09. The SMILES string of the molecule is CC(=NO)c1cccc(-c2ccccc2)c1. The molecule has 2 aromatic carbocycles. The van der Waals surface area contributed by atoms with Gasteiger partial charge in [0.2, 0.25) is 0 Å². The van der Waals surface area contributed by atoms with E-state index in [1.807, 2.05) is 42.5 Å². The lowest BCUT2D eigenvalue weighted by Crippen LogP contribution is -1.94. The largest absolute Gasteiger partial charge is 0.411 e. The minimum atomic E-state index is 0.623. The van der Waals surface area contributed by atoms with Crippen LogP contribution < -0.4 is 0 Å². The molecule has 0 unspecified atom stereocenters. The second-order valence-electron chi connectivity index (χ2n) is 3.63. The fourth-order valence-corrected chi connectivity index (χ4v) is 1.61. The molecule has 0 bridgehead atoms. The van der Waals surface area contributed by atoms with Crippen LogP contribution in [0.15, 0.2) is 59.8 Å². The Bertz CT molecular complexity index is 503. The third kappa shape index (κ3) is 2.11. The summed E-state index contributed by atoms with van der Waals surface area (Å²) >= 11 is 0. The summed E-state index contributed by atoms with van der Waals surface area (Å²) < 4.78 is 0. The van der Waals surface area contributed by atoms with Gasteiger partial charge in [-0.15, -0.1) is 0 Å². The Morgan fingerprint density at radius 3 is 2.31 bits per heavy atom. The van der Waals surface area contributed by atoms with E-state index in [2.05, 4.69) is 17.3 Å². The van der Waals surface area contributed by atoms with E-state index in [1.165, 1.54) is 0 Å². The summed E-state index contributed by atoms with van der Waals surface area (Å²) in [5.74, 6) is 0. The average molecular weight is 211 g/mol. The number of hydrogen-bond donors (Lipinski definition) is 1. The van der Waals surface area contributed by atoms with Crippen LogP contribution in [0.1, 0.15) is 12.5 Å². The van der Waals surface area contributed by atoms with Crippen LogP contribution in [0, 0.1) is 0 Å². The summed E-state index contributed by atoms with van der Waals surface area (Å²) in [6.45, 7) is 1.78. The van der Waals surface area contributed by atoms with Gasteiger partial charge in [0, 0.05) is 0 Å². The zero-order valence-electron chi connectivity index (χ0n) is 9.09. The van der Waals surface area contributed by atoms with Crippen molar-refractivity contribution in [3.63, 3.8) is 0 Å². The van der Waals surface area contributed by atoms with E-state index in [0.29, 0.717) is 5.71 Å². The van der Waals surface area contributed by atoms with Crippen molar-refractivity contribution in [2.75, 3.05) is 0 Å². The highest BCUT2D eigenvalue weighted by atomic mass is 16.4. The number of rotatable bonds is 2. The Labute approximate surface area is 94.9 Å². The van der Waals surface area contributed by atoms with Crippen molar-refractivity contribution in [2.45, 2.75) is 6.92 Å². The molecule has 0 aliphatic heterocycles. The molecule has 0 aliphatic rings. The zero-order valence-corrected chi connectivity index (χ0v) is 9.09. The van der Waals surface area contributed by atoms with Crippen LogP contribution >= 0.6 is 0 Å². The molecular weight excluding hydrogens is 198 g/mol. The highest BCUT2D eigenvalue weighted by Crippen LogP contribution is 2.20. The van der Waals surface area contributed by atoms with E-state index in [-0.39, 0.29) is 0 Å². The molecule has 0 spiro atoms. The van der Waals surface area contributed by atoms with E-state index in [4.69, 9.17) is 5.21 Å². The predicted octanol–water partition coefficient (Wildman–Crippen LogP) is 3.55. The third-order valence-corrected chi connectivity index (χ3v) is 2.54. The van der Waals surface area contributed by atoms with E-state index < -0.39 is 0 Å². The van der Waals surface area contributed by atoms with Gasteiger partial charge in [-0.1, -0.05) is 53.7 Å². The minimum Gasteiger partial charge on any atom is -0.411 e. The number of benzene rings is 2. The molecule has 1 N–H and O–H groups in total. The molecule has 0 heterocycles. The highest BCUT2D eigenvalue weighted by Gasteiger charge is 2.01. The maximum Gasteiger partial charge on any atom is 0.0837 e. The molecule has 2 aromatic rings. The van der Waals surface area contributed by atoms with Crippen molar-refractivity contribution in [1.82, 2.24) is 0 Å². The van der Waals surface area contributed by atoms with Crippen LogP contribution in [-0.4, -0.2) is 10.9 Å². The Morgan fingerprint density at radius 2 is 1.62 bits per heavy atom. The van der Waals surface area contributed by atoms with Gasteiger partial charge < -0.3 is 5.21 Å². The van der Waals surface area contributed by atoms with Crippen LogP contribution in [0.25, 0.3) is 11.1 Å². The molecule has 2 heteroatoms. The normalized spacial score (nSPS) is 11.4. The fourth-order valence-electron chi connectivity index (χ4n) is 1.61. The standard InChI is InChI=1S/C14H13NO/c1-11(15-16)13-8-5-9-14(10-13)12-6-3-2-4-7-12/h2-10,16H,1H3. The second kappa shape index (κ2) is 4.62. The van der Waals surface area contributed by atoms with Crippen LogP contribution in [0.5, 0.6) is 0 Å². The Kier molecular flexibility index (Phi) is 3.01. The van der Waals surface area contributed by atoms with Gasteiger partial charge in [-0.25, -0.2) is 0 Å². The van der Waals surface area contributed by atoms with Crippen LogP contribution in [0.2, 0.25) is 0 Å². The first-order chi connectivity index (χ1) is 7.81. The summed E-state index contributed by atoms with van der Waals surface area (Å²) in [5.41, 5.74) is 3.85. The fraction of sp³-hybridized carbons (Fsp3) is 0.0714. The van der Waals surface area contributed by atoms with E-state index >= 15 is 0 Å². The van der Waals surface area contributed by atoms with Gasteiger partial charge in [0.15, 0.2) is 0 Å². The van der Waals surface area contributed by atoms with Gasteiger partial charge in [0.05, 0.1) is 5.71 Å². The summed E-state index contributed by atoms with van der Waals surface area (Å²) in [6.07, 6.45) is 0. The molecule has 0 fully saturated rings. The van der Waals surface area contributed by atoms with Crippen molar-refractivity contribution in [3.8, 4) is 11.1 Å². The van der Waals surface area contributed by atoms with Crippen molar-refractivity contribution in [1.29, 1.82) is 0 Å². The van der Waals surface area contributed by atoms with Crippen molar-refractivity contribution in [3.05, 3.63) is 60.2 Å². The Balaban J connectivity index is 2.44. The number of nitrogens with zero attached hydrogens (tertiary/aromatic N) is 1.